The fraction of sp³-hybridized carbons (Fsp3) is 0.545. The van der Waals surface area contributed by atoms with Crippen LogP contribution in [-0.4, -0.2) is 81.7 Å². The minimum atomic E-state index is -0.522. The number of nitrogens with two attached hydrogens (primary N) is 1. The van der Waals surface area contributed by atoms with Crippen molar-refractivity contribution in [2.45, 2.75) is 89.4 Å². The number of carbonyl (C=O) groups is 1. The monoisotopic (exact) mass is 630 g/mol. The number of fused-ring (bicyclic) bond motifs is 1. The molecule has 3 aromatic rings. The molecule has 3 aromatic heterocycles. The molecule has 2 fully saturated rings. The molecule has 238 valence electrons. The van der Waals surface area contributed by atoms with Gasteiger partial charge in [0.2, 0.25) is 23.4 Å². The Morgan fingerprint density at radius 1 is 1.29 bits per heavy atom. The van der Waals surface area contributed by atoms with E-state index in [0.717, 1.165) is 54.8 Å². The number of ether oxygens (including phenoxy) is 1. The van der Waals surface area contributed by atoms with Gasteiger partial charge in [-0.25, -0.2) is 4.98 Å². The second kappa shape index (κ2) is 12.1. The Morgan fingerprint density at radius 2 is 2.04 bits per heavy atom. The highest BCUT2D eigenvalue weighted by Gasteiger charge is 2.41. The standard InChI is InChI=1S/C33H42N8O3S/c1-7-29(42)41-19(2)17-40(18-20(41)3)27-15-28(43-21(4)23-10-9-13-39(23)6)37-32(36-27)24-14-26(38-44-24)33(5)12-8-11-25-30(33)22(16-34)31(35)45-25/h7,14-15,19-21,23H,1,8-13,17-18,35H2,2-6H3/t19-,20?,21-,23-,33+/m0/s1. The van der Waals surface area contributed by atoms with E-state index in [1.165, 1.54) is 17.4 Å². The molecule has 1 amide bonds. The molecule has 5 heterocycles. The van der Waals surface area contributed by atoms with Crippen LogP contribution in [0.3, 0.4) is 0 Å². The van der Waals surface area contributed by atoms with Crippen LogP contribution in [0, 0.1) is 11.3 Å². The summed E-state index contributed by atoms with van der Waals surface area (Å²) >= 11 is 1.50. The lowest BCUT2D eigenvalue weighted by Gasteiger charge is -2.44. The van der Waals surface area contributed by atoms with E-state index in [1.807, 2.05) is 30.9 Å². The van der Waals surface area contributed by atoms with Gasteiger partial charge in [0, 0.05) is 53.6 Å². The van der Waals surface area contributed by atoms with Crippen molar-refractivity contribution < 1.29 is 14.1 Å². The maximum Gasteiger partial charge on any atom is 0.246 e. The quantitative estimate of drug-likeness (QED) is 0.364. The molecule has 2 N–H and O–H groups in total. The molecule has 12 heteroatoms. The first-order valence-electron chi connectivity index (χ1n) is 15.8. The summed E-state index contributed by atoms with van der Waals surface area (Å²) in [6.45, 7) is 14.2. The van der Waals surface area contributed by atoms with Crippen LogP contribution >= 0.6 is 11.3 Å². The molecule has 0 aromatic carbocycles. The number of carbonyl (C=O) groups excluding carboxylic acids is 1. The number of anilines is 2. The zero-order valence-electron chi connectivity index (χ0n) is 26.7. The topological polar surface area (TPSA) is 138 Å². The van der Waals surface area contributed by atoms with Crippen molar-refractivity contribution >= 4 is 28.1 Å². The van der Waals surface area contributed by atoms with E-state index < -0.39 is 5.41 Å². The minimum absolute atomic E-state index is 0.0437. The summed E-state index contributed by atoms with van der Waals surface area (Å²) in [4.78, 5) is 29.9. The first-order chi connectivity index (χ1) is 21.5. The van der Waals surface area contributed by atoms with Crippen molar-refractivity contribution in [3.8, 4) is 23.5 Å². The summed E-state index contributed by atoms with van der Waals surface area (Å²) in [6.07, 6.45) is 6.19. The van der Waals surface area contributed by atoms with E-state index in [0.29, 0.717) is 53.0 Å². The first-order valence-corrected chi connectivity index (χ1v) is 16.6. The molecule has 2 saturated heterocycles. The number of aromatic nitrogens is 3. The average molecular weight is 631 g/mol. The highest BCUT2D eigenvalue weighted by atomic mass is 32.1. The van der Waals surface area contributed by atoms with Gasteiger partial charge >= 0.3 is 0 Å². The third kappa shape index (κ3) is 5.57. The number of likely N-dealkylation sites (N-methyl/N-ethyl adjacent to an activating group) is 1. The largest absolute Gasteiger partial charge is 0.473 e. The predicted octanol–water partition coefficient (Wildman–Crippen LogP) is 4.76. The number of amides is 1. The molecule has 1 unspecified atom stereocenters. The van der Waals surface area contributed by atoms with Gasteiger partial charge in [-0.1, -0.05) is 11.7 Å². The average Bonchev–Trinajstić information content (AvgIpc) is 3.75. The van der Waals surface area contributed by atoms with Gasteiger partial charge in [0.15, 0.2) is 0 Å². The molecule has 5 atom stereocenters. The number of nitriles is 1. The normalized spacial score (nSPS) is 25.9. The van der Waals surface area contributed by atoms with Crippen LogP contribution in [0.1, 0.15) is 75.1 Å². The van der Waals surface area contributed by atoms with Crippen LogP contribution in [0.25, 0.3) is 11.6 Å². The fourth-order valence-electron chi connectivity index (χ4n) is 7.59. The lowest BCUT2D eigenvalue weighted by molar-refractivity contribution is -0.130. The molecule has 0 bridgehead atoms. The molecular formula is C33H42N8O3S. The molecule has 1 aliphatic carbocycles. The molecule has 0 radical (unpaired) electrons. The van der Waals surface area contributed by atoms with Crippen LogP contribution in [-0.2, 0) is 16.6 Å². The maximum absolute atomic E-state index is 12.6. The zero-order chi connectivity index (χ0) is 32.0. The van der Waals surface area contributed by atoms with Crippen molar-refractivity contribution in [3.63, 3.8) is 0 Å². The van der Waals surface area contributed by atoms with Gasteiger partial charge in [-0.3, -0.25) is 9.69 Å². The van der Waals surface area contributed by atoms with Crippen molar-refractivity contribution in [3.05, 3.63) is 46.5 Å². The molecular weight excluding hydrogens is 588 g/mol. The smallest absolute Gasteiger partial charge is 0.246 e. The summed E-state index contributed by atoms with van der Waals surface area (Å²) in [6, 6.07) is 6.32. The van der Waals surface area contributed by atoms with E-state index in [1.54, 1.807) is 0 Å². The van der Waals surface area contributed by atoms with Gasteiger partial charge in [-0.15, -0.1) is 11.3 Å². The third-order valence-electron chi connectivity index (χ3n) is 9.83. The molecule has 6 rings (SSSR count). The van der Waals surface area contributed by atoms with E-state index in [9.17, 15) is 10.1 Å². The fourth-order valence-corrected chi connectivity index (χ4v) is 8.78. The minimum Gasteiger partial charge on any atom is -0.473 e. The summed E-state index contributed by atoms with van der Waals surface area (Å²) < 4.78 is 12.5. The van der Waals surface area contributed by atoms with E-state index >= 15 is 0 Å². The number of nitrogens with zero attached hydrogens (tertiary/aromatic N) is 7. The molecule has 0 spiro atoms. The lowest BCUT2D eigenvalue weighted by atomic mass is 9.70. The Hall–Kier alpha value is -3.95. The Balaban J connectivity index is 1.37. The third-order valence-corrected chi connectivity index (χ3v) is 10.9. The number of thiophene rings is 1. The predicted molar refractivity (Wildman–Crippen MR) is 174 cm³/mol. The maximum atomic E-state index is 12.6. The number of rotatable bonds is 7. The Bertz CT molecular complexity index is 1630. The summed E-state index contributed by atoms with van der Waals surface area (Å²) in [5.41, 5.74) is 7.97. The van der Waals surface area contributed by atoms with Gasteiger partial charge in [0.05, 0.1) is 11.3 Å². The molecule has 2 aliphatic heterocycles. The lowest BCUT2D eigenvalue weighted by Crippen LogP contribution is -2.58. The Kier molecular flexibility index (Phi) is 8.35. The van der Waals surface area contributed by atoms with Crippen LogP contribution in [0.5, 0.6) is 5.88 Å². The van der Waals surface area contributed by atoms with Gasteiger partial charge in [-0.2, -0.15) is 10.2 Å². The zero-order valence-corrected chi connectivity index (χ0v) is 27.6. The second-order valence-corrected chi connectivity index (χ2v) is 14.1. The number of hydrogen-bond donors (Lipinski definition) is 1. The van der Waals surface area contributed by atoms with Crippen LogP contribution in [0.15, 0.2) is 29.3 Å². The highest BCUT2D eigenvalue weighted by Crippen LogP contribution is 2.49. The van der Waals surface area contributed by atoms with Gasteiger partial charge < -0.3 is 24.8 Å². The number of likely N-dealkylation sites (tertiary alicyclic amines) is 1. The molecule has 45 heavy (non-hydrogen) atoms. The van der Waals surface area contributed by atoms with Gasteiger partial charge in [0.1, 0.15) is 23.0 Å². The van der Waals surface area contributed by atoms with E-state index in [2.05, 4.69) is 48.5 Å². The summed E-state index contributed by atoms with van der Waals surface area (Å²) in [5.74, 6) is 1.90. The summed E-state index contributed by atoms with van der Waals surface area (Å²) in [5, 5.41) is 15.0. The SMILES string of the molecule is C=CC(=O)N1C(C)CN(c2cc(O[C@@H](C)[C@@H]3CCCN3C)nc(-c3cc([C@@]4(C)CCCc5sc(N)c(C#N)c54)no3)n2)C[C@@H]1C. The van der Waals surface area contributed by atoms with Crippen LogP contribution < -0.4 is 15.4 Å². The van der Waals surface area contributed by atoms with E-state index in [4.69, 9.17) is 25.0 Å². The van der Waals surface area contributed by atoms with Crippen LogP contribution in [0.2, 0.25) is 0 Å². The number of piperazine rings is 1. The van der Waals surface area contributed by atoms with Crippen molar-refractivity contribution in [1.29, 1.82) is 5.26 Å². The van der Waals surface area contributed by atoms with Crippen molar-refractivity contribution in [2.75, 3.05) is 37.3 Å². The second-order valence-electron chi connectivity index (χ2n) is 13.0. The van der Waals surface area contributed by atoms with Crippen LogP contribution in [0.4, 0.5) is 10.8 Å². The summed E-state index contributed by atoms with van der Waals surface area (Å²) in [7, 11) is 2.13. The van der Waals surface area contributed by atoms with Crippen molar-refractivity contribution in [1.82, 2.24) is 24.9 Å². The Morgan fingerprint density at radius 3 is 2.71 bits per heavy atom. The number of aryl methyl sites for hydroxylation is 1. The van der Waals surface area contributed by atoms with Gasteiger partial charge in [0.25, 0.3) is 0 Å². The molecule has 11 nitrogen and oxygen atoms in total. The molecule has 3 aliphatic rings. The number of hydrogen-bond acceptors (Lipinski definition) is 11. The van der Waals surface area contributed by atoms with E-state index in [-0.39, 0.29) is 24.1 Å². The Labute approximate surface area is 268 Å². The number of nitrogen functional groups attached to an aromatic ring is 1. The highest BCUT2D eigenvalue weighted by molar-refractivity contribution is 7.16. The van der Waals surface area contributed by atoms with Crippen molar-refractivity contribution in [2.24, 2.45) is 0 Å². The van der Waals surface area contributed by atoms with Gasteiger partial charge in [-0.05, 0) is 85.0 Å². The molecule has 0 saturated carbocycles. The first kappa shape index (κ1) is 31.0.